The molecule has 1 aliphatic rings. The maximum absolute atomic E-state index is 4.11. The van der Waals surface area contributed by atoms with E-state index in [0.717, 1.165) is 18.8 Å². The summed E-state index contributed by atoms with van der Waals surface area (Å²) in [5.41, 5.74) is 0. The summed E-state index contributed by atoms with van der Waals surface area (Å²) < 4.78 is 0. The molecule has 0 N–H and O–H groups in total. The van der Waals surface area contributed by atoms with Gasteiger partial charge in [0.15, 0.2) is 5.82 Å². The van der Waals surface area contributed by atoms with E-state index in [9.17, 15) is 0 Å². The Labute approximate surface area is 64.6 Å². The minimum Gasteiger partial charge on any atom is -0.246 e. The fraction of sp³-hybridized carbons (Fsp3) is 0.286. The van der Waals surface area contributed by atoms with Gasteiger partial charge < -0.3 is 0 Å². The molecule has 1 aliphatic heterocycles. The minimum atomic E-state index is 0.821. The molecular weight excluding hydrogens is 140 g/mol. The maximum Gasteiger partial charge on any atom is 0.171 e. The van der Waals surface area contributed by atoms with E-state index in [-0.39, 0.29) is 0 Å². The van der Waals surface area contributed by atoms with Crippen LogP contribution in [-0.2, 0) is 0 Å². The molecule has 0 saturated carbocycles. The number of anilines is 1. The van der Waals surface area contributed by atoms with Crippen LogP contribution < -0.4 is 5.01 Å². The Kier molecular flexibility index (Phi) is 1.51. The van der Waals surface area contributed by atoms with E-state index in [1.54, 1.807) is 6.20 Å². The summed E-state index contributed by atoms with van der Waals surface area (Å²) in [7, 11) is 0. The van der Waals surface area contributed by atoms with Crippen molar-refractivity contribution in [2.75, 3.05) is 11.6 Å². The first kappa shape index (κ1) is 6.27. The van der Waals surface area contributed by atoms with E-state index in [1.807, 2.05) is 23.4 Å². The van der Waals surface area contributed by atoms with Gasteiger partial charge in [0.05, 0.1) is 0 Å². The van der Waals surface area contributed by atoms with E-state index >= 15 is 0 Å². The van der Waals surface area contributed by atoms with Crippen molar-refractivity contribution in [3.63, 3.8) is 0 Å². The van der Waals surface area contributed by atoms with Gasteiger partial charge in [-0.15, -0.1) is 5.10 Å². The van der Waals surface area contributed by atoms with Crippen molar-refractivity contribution in [2.45, 2.75) is 6.42 Å². The van der Waals surface area contributed by atoms with Gasteiger partial charge in [-0.3, -0.25) is 0 Å². The van der Waals surface area contributed by atoms with Gasteiger partial charge >= 0.3 is 0 Å². The number of hydrogen-bond donors (Lipinski definition) is 0. The molecule has 4 heteroatoms. The quantitative estimate of drug-likeness (QED) is 0.587. The van der Waals surface area contributed by atoms with E-state index in [4.69, 9.17) is 0 Å². The van der Waals surface area contributed by atoms with Crippen molar-refractivity contribution in [1.29, 1.82) is 0 Å². The van der Waals surface area contributed by atoms with E-state index in [2.05, 4.69) is 15.3 Å². The van der Waals surface area contributed by atoms with E-state index in [0.29, 0.717) is 0 Å². The SMILES string of the molecule is C1=NN(c2cccnn2)CC1. The molecule has 0 saturated heterocycles. The topological polar surface area (TPSA) is 41.4 Å². The van der Waals surface area contributed by atoms with Gasteiger partial charge in [0.25, 0.3) is 0 Å². The molecule has 4 nitrogen and oxygen atoms in total. The van der Waals surface area contributed by atoms with Crippen LogP contribution in [0.4, 0.5) is 5.82 Å². The third-order valence-corrected chi connectivity index (χ3v) is 1.51. The van der Waals surface area contributed by atoms with Crippen LogP contribution in [0.25, 0.3) is 0 Å². The summed E-state index contributed by atoms with van der Waals surface area (Å²) in [6.45, 7) is 0.915. The third kappa shape index (κ3) is 1.19. The second kappa shape index (κ2) is 2.65. The summed E-state index contributed by atoms with van der Waals surface area (Å²) in [5, 5.41) is 13.6. The van der Waals surface area contributed by atoms with E-state index in [1.165, 1.54) is 0 Å². The zero-order valence-electron chi connectivity index (χ0n) is 6.01. The van der Waals surface area contributed by atoms with E-state index < -0.39 is 0 Å². The summed E-state index contributed by atoms with van der Waals surface area (Å²) in [5.74, 6) is 0.821. The Bertz CT molecular complexity index is 256. The number of rotatable bonds is 1. The lowest BCUT2D eigenvalue weighted by atomic mass is 10.4. The highest BCUT2D eigenvalue weighted by Crippen LogP contribution is 2.11. The van der Waals surface area contributed by atoms with Crippen molar-refractivity contribution < 1.29 is 0 Å². The van der Waals surface area contributed by atoms with Gasteiger partial charge in [-0.1, -0.05) is 0 Å². The molecule has 0 aromatic carbocycles. The average molecular weight is 148 g/mol. The molecular formula is C7H8N4. The minimum absolute atomic E-state index is 0.821. The number of aromatic nitrogens is 2. The zero-order chi connectivity index (χ0) is 7.52. The standard InChI is InChI=1S/C7H8N4/c1-3-7(10-8-4-1)11-6-2-5-9-11/h1,3-5H,2,6H2. The van der Waals surface area contributed by atoms with Crippen LogP contribution in [0.15, 0.2) is 23.4 Å². The average Bonchev–Trinajstić information content (AvgIpc) is 2.58. The molecule has 2 rings (SSSR count). The Morgan fingerprint density at radius 3 is 3.09 bits per heavy atom. The Morgan fingerprint density at radius 2 is 2.45 bits per heavy atom. The molecule has 0 radical (unpaired) electrons. The molecule has 1 aromatic heterocycles. The first-order valence-electron chi connectivity index (χ1n) is 3.54. The molecule has 0 aliphatic carbocycles. The largest absolute Gasteiger partial charge is 0.246 e. The molecule has 56 valence electrons. The second-order valence-corrected chi connectivity index (χ2v) is 2.29. The second-order valence-electron chi connectivity index (χ2n) is 2.29. The van der Waals surface area contributed by atoms with Gasteiger partial charge in [-0.2, -0.15) is 10.2 Å². The molecule has 0 atom stereocenters. The summed E-state index contributed by atoms with van der Waals surface area (Å²) >= 11 is 0. The maximum atomic E-state index is 4.11. The van der Waals surface area contributed by atoms with Crippen LogP contribution in [0.5, 0.6) is 0 Å². The number of hydrogen-bond acceptors (Lipinski definition) is 4. The molecule has 0 fully saturated rings. The summed E-state index contributed by atoms with van der Waals surface area (Å²) in [6, 6.07) is 3.76. The third-order valence-electron chi connectivity index (χ3n) is 1.51. The first-order valence-corrected chi connectivity index (χ1v) is 3.54. The van der Waals surface area contributed by atoms with Crippen LogP contribution in [0.2, 0.25) is 0 Å². The van der Waals surface area contributed by atoms with Crippen LogP contribution in [0, 0.1) is 0 Å². The van der Waals surface area contributed by atoms with Crippen LogP contribution in [0.3, 0.4) is 0 Å². The highest BCUT2D eigenvalue weighted by molar-refractivity contribution is 5.63. The van der Waals surface area contributed by atoms with Crippen molar-refractivity contribution >= 4 is 12.0 Å². The van der Waals surface area contributed by atoms with Gasteiger partial charge in [0.1, 0.15) is 0 Å². The lowest BCUT2D eigenvalue weighted by Gasteiger charge is -2.09. The summed E-state index contributed by atoms with van der Waals surface area (Å²) in [6.07, 6.45) is 4.54. The molecule has 0 unspecified atom stereocenters. The lowest BCUT2D eigenvalue weighted by molar-refractivity contribution is 0.864. The predicted octanol–water partition coefficient (Wildman–Crippen LogP) is 0.672. The van der Waals surface area contributed by atoms with Crippen LogP contribution in [-0.4, -0.2) is 23.0 Å². The number of nitrogens with zero attached hydrogens (tertiary/aromatic N) is 4. The smallest absolute Gasteiger partial charge is 0.171 e. The predicted molar refractivity (Wildman–Crippen MR) is 42.5 cm³/mol. The Balaban J connectivity index is 2.23. The summed E-state index contributed by atoms with van der Waals surface area (Å²) in [4.78, 5) is 0. The van der Waals surface area contributed by atoms with Crippen molar-refractivity contribution in [3.8, 4) is 0 Å². The highest BCUT2D eigenvalue weighted by atomic mass is 15.5. The number of hydrazone groups is 1. The van der Waals surface area contributed by atoms with Crippen molar-refractivity contribution in [2.24, 2.45) is 5.10 Å². The molecule has 0 amide bonds. The molecule has 2 heterocycles. The monoisotopic (exact) mass is 148 g/mol. The van der Waals surface area contributed by atoms with Gasteiger partial charge in [-0.25, -0.2) is 5.01 Å². The molecule has 11 heavy (non-hydrogen) atoms. The fourth-order valence-corrected chi connectivity index (χ4v) is 0.999. The molecule has 1 aromatic rings. The van der Waals surface area contributed by atoms with Gasteiger partial charge in [0, 0.05) is 25.4 Å². The first-order chi connectivity index (χ1) is 5.47. The van der Waals surface area contributed by atoms with Crippen molar-refractivity contribution in [3.05, 3.63) is 18.3 Å². The van der Waals surface area contributed by atoms with Gasteiger partial charge in [0.2, 0.25) is 0 Å². The van der Waals surface area contributed by atoms with Crippen LogP contribution >= 0.6 is 0 Å². The van der Waals surface area contributed by atoms with Gasteiger partial charge in [-0.05, 0) is 12.1 Å². The van der Waals surface area contributed by atoms with Crippen molar-refractivity contribution in [1.82, 2.24) is 10.2 Å². The molecule has 0 spiro atoms. The zero-order valence-corrected chi connectivity index (χ0v) is 6.01. The Morgan fingerprint density at radius 1 is 1.45 bits per heavy atom. The fourth-order valence-electron chi connectivity index (χ4n) is 0.999. The lowest BCUT2D eigenvalue weighted by Crippen LogP contribution is -2.13. The Hall–Kier alpha value is -1.45. The van der Waals surface area contributed by atoms with Crippen LogP contribution in [0.1, 0.15) is 6.42 Å². The molecule has 0 bridgehead atoms. The normalized spacial score (nSPS) is 15.8. The highest BCUT2D eigenvalue weighted by Gasteiger charge is 2.08.